The summed E-state index contributed by atoms with van der Waals surface area (Å²) in [5.74, 6) is -0.510. The molecule has 4 heteroatoms. The van der Waals surface area contributed by atoms with E-state index in [0.717, 1.165) is 10.4 Å². The van der Waals surface area contributed by atoms with Gasteiger partial charge >= 0.3 is 0 Å². The number of hydrogen-bond donors (Lipinski definition) is 1. The highest BCUT2D eigenvalue weighted by atomic mass is 32.1. The van der Waals surface area contributed by atoms with E-state index in [1.54, 1.807) is 18.2 Å². The molecule has 0 aliphatic carbocycles. The summed E-state index contributed by atoms with van der Waals surface area (Å²) in [7, 11) is 0. The first-order valence-electron chi connectivity index (χ1n) is 6.44. The highest BCUT2D eigenvalue weighted by Gasteiger charge is 2.10. The highest BCUT2D eigenvalue weighted by Crippen LogP contribution is 2.28. The lowest BCUT2D eigenvalue weighted by Gasteiger charge is -2.02. The van der Waals surface area contributed by atoms with E-state index >= 15 is 0 Å². The van der Waals surface area contributed by atoms with Gasteiger partial charge in [0.1, 0.15) is 5.82 Å². The zero-order valence-corrected chi connectivity index (χ0v) is 11.9. The molecule has 3 rings (SSSR count). The smallest absolute Gasteiger partial charge is 0.265 e. The molecule has 104 valence electrons. The fourth-order valence-corrected chi connectivity index (χ4v) is 2.85. The van der Waals surface area contributed by atoms with Crippen molar-refractivity contribution >= 4 is 22.9 Å². The molecule has 1 amide bonds. The molecule has 0 saturated carbocycles. The lowest BCUT2D eigenvalue weighted by molar-refractivity contribution is 0.103. The van der Waals surface area contributed by atoms with Crippen LogP contribution in [0.25, 0.3) is 10.4 Å². The Hall–Kier alpha value is -2.46. The van der Waals surface area contributed by atoms with Crippen molar-refractivity contribution in [3.8, 4) is 10.4 Å². The maximum Gasteiger partial charge on any atom is 0.265 e. The van der Waals surface area contributed by atoms with Crippen molar-refractivity contribution in [3.63, 3.8) is 0 Å². The minimum Gasteiger partial charge on any atom is -0.321 e. The van der Waals surface area contributed by atoms with E-state index in [2.05, 4.69) is 5.32 Å². The quantitative estimate of drug-likeness (QED) is 0.738. The highest BCUT2D eigenvalue weighted by molar-refractivity contribution is 7.17. The third-order valence-electron chi connectivity index (χ3n) is 2.99. The monoisotopic (exact) mass is 297 g/mol. The number of thiophene rings is 1. The number of amides is 1. The van der Waals surface area contributed by atoms with Crippen LogP contribution in [0.1, 0.15) is 9.67 Å². The molecule has 0 atom stereocenters. The zero-order chi connectivity index (χ0) is 14.7. The van der Waals surface area contributed by atoms with Crippen molar-refractivity contribution < 1.29 is 9.18 Å². The lowest BCUT2D eigenvalue weighted by atomic mass is 10.2. The molecule has 0 bridgehead atoms. The van der Waals surface area contributed by atoms with Gasteiger partial charge in [0.2, 0.25) is 0 Å². The van der Waals surface area contributed by atoms with Crippen molar-refractivity contribution in [1.29, 1.82) is 0 Å². The first kappa shape index (κ1) is 13.5. The summed E-state index contributed by atoms with van der Waals surface area (Å²) in [6, 6.07) is 19.4. The second kappa shape index (κ2) is 5.89. The Morgan fingerprint density at radius 3 is 2.33 bits per heavy atom. The Balaban J connectivity index is 1.77. The molecule has 0 fully saturated rings. The van der Waals surface area contributed by atoms with Crippen LogP contribution in [0.15, 0.2) is 66.7 Å². The van der Waals surface area contributed by atoms with Gasteiger partial charge in [-0.15, -0.1) is 11.3 Å². The molecule has 1 N–H and O–H groups in total. The normalized spacial score (nSPS) is 10.3. The van der Waals surface area contributed by atoms with Crippen LogP contribution >= 0.6 is 11.3 Å². The van der Waals surface area contributed by atoms with Crippen LogP contribution in [0.5, 0.6) is 0 Å². The Morgan fingerprint density at radius 1 is 0.905 bits per heavy atom. The fourth-order valence-electron chi connectivity index (χ4n) is 1.94. The first-order valence-corrected chi connectivity index (χ1v) is 7.26. The molecule has 2 nitrogen and oxygen atoms in total. The summed E-state index contributed by atoms with van der Waals surface area (Å²) in [4.78, 5) is 13.8. The number of rotatable bonds is 3. The summed E-state index contributed by atoms with van der Waals surface area (Å²) >= 11 is 1.43. The van der Waals surface area contributed by atoms with Gasteiger partial charge in [-0.3, -0.25) is 4.79 Å². The van der Waals surface area contributed by atoms with Crippen molar-refractivity contribution in [1.82, 2.24) is 0 Å². The van der Waals surface area contributed by atoms with Gasteiger partial charge in [0.25, 0.3) is 5.91 Å². The van der Waals surface area contributed by atoms with Crippen LogP contribution in [-0.2, 0) is 0 Å². The summed E-state index contributed by atoms with van der Waals surface area (Å²) in [5.41, 5.74) is 1.67. The predicted molar refractivity (Wildman–Crippen MR) is 84.1 cm³/mol. The largest absolute Gasteiger partial charge is 0.321 e. The molecule has 1 heterocycles. The van der Waals surface area contributed by atoms with E-state index in [0.29, 0.717) is 10.6 Å². The topological polar surface area (TPSA) is 29.1 Å². The van der Waals surface area contributed by atoms with Gasteiger partial charge in [-0.25, -0.2) is 4.39 Å². The van der Waals surface area contributed by atoms with E-state index in [1.165, 1.54) is 23.5 Å². The SMILES string of the molecule is O=C(Nc1ccc(F)cc1)c1ccc(-c2ccccc2)s1. The fraction of sp³-hybridized carbons (Fsp3) is 0. The molecule has 3 aromatic rings. The Kier molecular flexibility index (Phi) is 3.79. The molecule has 21 heavy (non-hydrogen) atoms. The number of carbonyl (C=O) groups is 1. The molecular formula is C17H12FNOS. The van der Waals surface area contributed by atoms with Crippen LogP contribution in [0.3, 0.4) is 0 Å². The van der Waals surface area contributed by atoms with Crippen molar-refractivity contribution in [2.75, 3.05) is 5.32 Å². The van der Waals surface area contributed by atoms with E-state index in [-0.39, 0.29) is 11.7 Å². The Bertz CT molecular complexity index is 750. The predicted octanol–water partition coefficient (Wildman–Crippen LogP) is 4.81. The molecule has 2 aromatic carbocycles. The average molecular weight is 297 g/mol. The van der Waals surface area contributed by atoms with E-state index in [9.17, 15) is 9.18 Å². The van der Waals surface area contributed by atoms with Crippen LogP contribution in [-0.4, -0.2) is 5.91 Å². The number of benzene rings is 2. The second-order valence-electron chi connectivity index (χ2n) is 4.49. The molecule has 1 aromatic heterocycles. The lowest BCUT2D eigenvalue weighted by Crippen LogP contribution is -2.09. The van der Waals surface area contributed by atoms with Crippen molar-refractivity contribution in [2.45, 2.75) is 0 Å². The molecule has 0 aliphatic rings. The molecule has 0 radical (unpaired) electrons. The number of carbonyl (C=O) groups excluding carboxylic acids is 1. The third-order valence-corrected chi connectivity index (χ3v) is 4.12. The minimum atomic E-state index is -0.324. The van der Waals surface area contributed by atoms with Gasteiger partial charge in [0.15, 0.2) is 0 Å². The number of anilines is 1. The standard InChI is InChI=1S/C17H12FNOS/c18-13-6-8-14(9-7-13)19-17(20)16-11-10-15(21-16)12-4-2-1-3-5-12/h1-11H,(H,19,20). The summed E-state index contributed by atoms with van der Waals surface area (Å²) < 4.78 is 12.8. The van der Waals surface area contributed by atoms with Gasteiger partial charge in [-0.1, -0.05) is 30.3 Å². The molecular weight excluding hydrogens is 285 g/mol. The van der Waals surface area contributed by atoms with Crippen LogP contribution in [0.2, 0.25) is 0 Å². The van der Waals surface area contributed by atoms with E-state index in [4.69, 9.17) is 0 Å². The molecule has 0 spiro atoms. The molecule has 0 saturated heterocycles. The van der Waals surface area contributed by atoms with Gasteiger partial charge in [0.05, 0.1) is 4.88 Å². The zero-order valence-electron chi connectivity index (χ0n) is 11.0. The summed E-state index contributed by atoms with van der Waals surface area (Å²) in [6.07, 6.45) is 0. The van der Waals surface area contributed by atoms with Gasteiger partial charge < -0.3 is 5.32 Å². The van der Waals surface area contributed by atoms with E-state index < -0.39 is 0 Å². The first-order chi connectivity index (χ1) is 10.2. The molecule has 0 unspecified atom stereocenters. The maximum atomic E-state index is 12.8. The van der Waals surface area contributed by atoms with Crippen molar-refractivity contribution in [2.24, 2.45) is 0 Å². The molecule has 0 aliphatic heterocycles. The number of nitrogens with one attached hydrogen (secondary N) is 1. The summed E-state index contributed by atoms with van der Waals surface area (Å²) in [5, 5.41) is 2.76. The van der Waals surface area contributed by atoms with Gasteiger partial charge in [0, 0.05) is 10.6 Å². The van der Waals surface area contributed by atoms with Crippen LogP contribution < -0.4 is 5.32 Å². The van der Waals surface area contributed by atoms with E-state index in [1.807, 2.05) is 36.4 Å². The van der Waals surface area contributed by atoms with Gasteiger partial charge in [-0.2, -0.15) is 0 Å². The van der Waals surface area contributed by atoms with Crippen LogP contribution in [0, 0.1) is 5.82 Å². The van der Waals surface area contributed by atoms with Gasteiger partial charge in [-0.05, 0) is 42.0 Å². The van der Waals surface area contributed by atoms with Crippen molar-refractivity contribution in [3.05, 3.63) is 77.4 Å². The Morgan fingerprint density at radius 2 is 1.62 bits per heavy atom. The average Bonchev–Trinajstić information content (AvgIpc) is 3.00. The summed E-state index contributed by atoms with van der Waals surface area (Å²) in [6.45, 7) is 0. The number of halogens is 1. The Labute approximate surface area is 125 Å². The second-order valence-corrected chi connectivity index (χ2v) is 5.57. The third kappa shape index (κ3) is 3.17. The maximum absolute atomic E-state index is 12.8. The van der Waals surface area contributed by atoms with Crippen LogP contribution in [0.4, 0.5) is 10.1 Å². The minimum absolute atomic E-state index is 0.186. The number of hydrogen-bond acceptors (Lipinski definition) is 2.